The smallest absolute Gasteiger partial charge is 0.249 e. The lowest BCUT2D eigenvalue weighted by Crippen LogP contribution is -2.08. The molecular weight excluding hydrogens is 199 g/mol. The third kappa shape index (κ3) is 3.76. The standard InChI is InChI=1S/C8H10F3NS/c1-2-6-5-12-7(13-6)3-4-8(9,10)11/h5H,2-4H2,1H3. The average Bonchev–Trinajstić information content (AvgIpc) is 2.47. The minimum absolute atomic E-state index is 0.00810. The lowest BCUT2D eigenvalue weighted by Gasteiger charge is -2.02. The van der Waals surface area contributed by atoms with Gasteiger partial charge in [-0.3, -0.25) is 0 Å². The number of aryl methyl sites for hydroxylation is 2. The monoisotopic (exact) mass is 209 g/mol. The Morgan fingerprint density at radius 2 is 2.15 bits per heavy atom. The van der Waals surface area contributed by atoms with Gasteiger partial charge in [0.2, 0.25) is 0 Å². The van der Waals surface area contributed by atoms with E-state index in [1.807, 2.05) is 6.92 Å². The Hall–Kier alpha value is -0.580. The van der Waals surface area contributed by atoms with Gasteiger partial charge in [-0.25, -0.2) is 4.98 Å². The van der Waals surface area contributed by atoms with Crippen LogP contribution < -0.4 is 0 Å². The SMILES string of the molecule is CCc1cnc(CCC(F)(F)F)s1. The van der Waals surface area contributed by atoms with Crippen molar-refractivity contribution in [2.45, 2.75) is 32.4 Å². The van der Waals surface area contributed by atoms with E-state index in [1.54, 1.807) is 6.20 Å². The number of hydrogen-bond acceptors (Lipinski definition) is 2. The Bertz CT molecular complexity index is 267. The number of thiazole rings is 1. The van der Waals surface area contributed by atoms with Gasteiger partial charge in [-0.05, 0) is 6.42 Å². The first-order chi connectivity index (χ1) is 6.01. The van der Waals surface area contributed by atoms with E-state index < -0.39 is 12.6 Å². The number of nitrogens with zero attached hydrogens (tertiary/aromatic N) is 1. The molecule has 74 valence electrons. The van der Waals surface area contributed by atoms with Crippen LogP contribution in [0.1, 0.15) is 23.2 Å². The molecule has 0 atom stereocenters. The molecule has 0 saturated carbocycles. The van der Waals surface area contributed by atoms with Crippen molar-refractivity contribution in [1.82, 2.24) is 4.98 Å². The molecule has 0 aromatic carbocycles. The lowest BCUT2D eigenvalue weighted by atomic mass is 10.3. The molecule has 1 aromatic heterocycles. The maximum Gasteiger partial charge on any atom is 0.389 e. The van der Waals surface area contributed by atoms with E-state index in [0.717, 1.165) is 11.3 Å². The zero-order chi connectivity index (χ0) is 9.90. The van der Waals surface area contributed by atoms with Crippen LogP contribution in [-0.2, 0) is 12.8 Å². The second-order valence-electron chi connectivity index (χ2n) is 2.69. The molecule has 0 bridgehead atoms. The summed E-state index contributed by atoms with van der Waals surface area (Å²) >= 11 is 1.36. The van der Waals surface area contributed by atoms with Crippen molar-refractivity contribution in [2.75, 3.05) is 0 Å². The molecule has 0 spiro atoms. The van der Waals surface area contributed by atoms with Crippen molar-refractivity contribution >= 4 is 11.3 Å². The van der Waals surface area contributed by atoms with Gasteiger partial charge in [0.05, 0.1) is 5.01 Å². The fourth-order valence-electron chi connectivity index (χ4n) is 0.876. The topological polar surface area (TPSA) is 12.9 Å². The normalized spacial score (nSPS) is 12.0. The molecule has 1 aromatic rings. The summed E-state index contributed by atoms with van der Waals surface area (Å²) in [5.74, 6) is 0. The minimum atomic E-state index is -4.07. The quantitative estimate of drug-likeness (QED) is 0.745. The summed E-state index contributed by atoms with van der Waals surface area (Å²) in [5.41, 5.74) is 0. The Morgan fingerprint density at radius 3 is 2.62 bits per heavy atom. The van der Waals surface area contributed by atoms with Crippen LogP contribution in [0, 0.1) is 0 Å². The highest BCUT2D eigenvalue weighted by atomic mass is 32.1. The third-order valence-corrected chi connectivity index (χ3v) is 2.77. The number of aromatic nitrogens is 1. The van der Waals surface area contributed by atoms with Gasteiger partial charge in [-0.15, -0.1) is 11.3 Å². The number of hydrogen-bond donors (Lipinski definition) is 0. The van der Waals surface area contributed by atoms with Gasteiger partial charge in [0.15, 0.2) is 0 Å². The van der Waals surface area contributed by atoms with Gasteiger partial charge in [-0.1, -0.05) is 6.92 Å². The second-order valence-corrected chi connectivity index (χ2v) is 3.89. The highest BCUT2D eigenvalue weighted by molar-refractivity contribution is 7.11. The Morgan fingerprint density at radius 1 is 1.46 bits per heavy atom. The van der Waals surface area contributed by atoms with E-state index in [9.17, 15) is 13.2 Å². The molecule has 0 unspecified atom stereocenters. The zero-order valence-electron chi connectivity index (χ0n) is 7.19. The Balaban J connectivity index is 2.46. The Labute approximate surface area is 78.6 Å². The molecule has 0 aliphatic rings. The van der Waals surface area contributed by atoms with Crippen LogP contribution in [0.5, 0.6) is 0 Å². The van der Waals surface area contributed by atoms with E-state index in [4.69, 9.17) is 0 Å². The molecule has 1 heterocycles. The maximum atomic E-state index is 11.8. The van der Waals surface area contributed by atoms with Crippen molar-refractivity contribution in [1.29, 1.82) is 0 Å². The van der Waals surface area contributed by atoms with E-state index >= 15 is 0 Å². The molecule has 13 heavy (non-hydrogen) atoms. The Kier molecular flexibility index (Phi) is 3.30. The minimum Gasteiger partial charge on any atom is -0.249 e. The van der Waals surface area contributed by atoms with Gasteiger partial charge in [0, 0.05) is 23.9 Å². The van der Waals surface area contributed by atoms with Crippen LogP contribution in [0.3, 0.4) is 0 Å². The zero-order valence-corrected chi connectivity index (χ0v) is 8.00. The summed E-state index contributed by atoms with van der Waals surface area (Å²) in [5, 5.41) is 0.578. The van der Waals surface area contributed by atoms with Crippen LogP contribution in [0.2, 0.25) is 0 Å². The van der Waals surface area contributed by atoms with Gasteiger partial charge in [-0.2, -0.15) is 13.2 Å². The molecule has 0 N–H and O–H groups in total. The first-order valence-electron chi connectivity index (χ1n) is 4.01. The average molecular weight is 209 g/mol. The van der Waals surface area contributed by atoms with Crippen LogP contribution in [0.15, 0.2) is 6.20 Å². The summed E-state index contributed by atoms with van der Waals surface area (Å²) in [6, 6.07) is 0. The molecule has 1 nitrogen and oxygen atoms in total. The summed E-state index contributed by atoms with van der Waals surface area (Å²) in [6.07, 6.45) is -2.35. The number of alkyl halides is 3. The van der Waals surface area contributed by atoms with E-state index in [2.05, 4.69) is 4.98 Å². The van der Waals surface area contributed by atoms with Crippen LogP contribution in [0.4, 0.5) is 13.2 Å². The van der Waals surface area contributed by atoms with Gasteiger partial charge in [0.1, 0.15) is 0 Å². The van der Waals surface area contributed by atoms with Crippen LogP contribution >= 0.6 is 11.3 Å². The predicted molar refractivity (Wildman–Crippen MR) is 45.9 cm³/mol. The maximum absolute atomic E-state index is 11.8. The van der Waals surface area contributed by atoms with Crippen LogP contribution in [-0.4, -0.2) is 11.2 Å². The highest BCUT2D eigenvalue weighted by Crippen LogP contribution is 2.23. The first-order valence-corrected chi connectivity index (χ1v) is 4.83. The molecule has 0 radical (unpaired) electrons. The highest BCUT2D eigenvalue weighted by Gasteiger charge is 2.26. The molecular formula is C8H10F3NS. The summed E-state index contributed by atoms with van der Waals surface area (Å²) in [7, 11) is 0. The van der Waals surface area contributed by atoms with Crippen LogP contribution in [0.25, 0.3) is 0 Å². The first kappa shape index (κ1) is 10.5. The van der Waals surface area contributed by atoms with E-state index in [0.29, 0.717) is 5.01 Å². The lowest BCUT2D eigenvalue weighted by molar-refractivity contribution is -0.133. The summed E-state index contributed by atoms with van der Waals surface area (Å²) in [6.45, 7) is 1.96. The molecule has 0 aliphatic carbocycles. The van der Waals surface area contributed by atoms with E-state index in [1.165, 1.54) is 11.3 Å². The van der Waals surface area contributed by atoms with Crippen molar-refractivity contribution in [3.8, 4) is 0 Å². The van der Waals surface area contributed by atoms with Crippen molar-refractivity contribution < 1.29 is 13.2 Å². The van der Waals surface area contributed by atoms with E-state index in [-0.39, 0.29) is 6.42 Å². The fourth-order valence-corrected chi connectivity index (χ4v) is 1.74. The fraction of sp³-hybridized carbons (Fsp3) is 0.625. The van der Waals surface area contributed by atoms with Crippen molar-refractivity contribution in [3.05, 3.63) is 16.1 Å². The van der Waals surface area contributed by atoms with Crippen molar-refractivity contribution in [2.24, 2.45) is 0 Å². The second kappa shape index (κ2) is 4.09. The third-order valence-electron chi connectivity index (χ3n) is 1.57. The molecule has 1 rings (SSSR count). The summed E-state index contributed by atoms with van der Waals surface area (Å²) < 4.78 is 35.4. The summed E-state index contributed by atoms with van der Waals surface area (Å²) in [4.78, 5) is 4.95. The van der Waals surface area contributed by atoms with Crippen molar-refractivity contribution in [3.63, 3.8) is 0 Å². The molecule has 0 fully saturated rings. The number of halogens is 3. The number of rotatable bonds is 3. The van der Waals surface area contributed by atoms with Gasteiger partial charge >= 0.3 is 6.18 Å². The largest absolute Gasteiger partial charge is 0.389 e. The predicted octanol–water partition coefficient (Wildman–Crippen LogP) is 3.20. The molecule has 5 heteroatoms. The van der Waals surface area contributed by atoms with Gasteiger partial charge < -0.3 is 0 Å². The molecule has 0 saturated heterocycles. The van der Waals surface area contributed by atoms with Gasteiger partial charge in [0.25, 0.3) is 0 Å². The molecule has 0 aliphatic heterocycles. The molecule has 0 amide bonds.